The van der Waals surface area contributed by atoms with Gasteiger partial charge in [0.15, 0.2) is 0 Å². The fraction of sp³-hybridized carbons (Fsp3) is 0.818. The van der Waals surface area contributed by atoms with Gasteiger partial charge in [-0.2, -0.15) is 13.2 Å². The van der Waals surface area contributed by atoms with Crippen molar-refractivity contribution < 1.29 is 32.6 Å². The topological polar surface area (TPSA) is 70.1 Å². The molecule has 0 saturated heterocycles. The van der Waals surface area contributed by atoms with Crippen LogP contribution >= 0.6 is 0 Å². The number of hydrogen-bond donors (Lipinski definition) is 1. The minimum absolute atomic E-state index is 0.145. The number of carboxylic acid groups (broad SMARTS) is 1. The Labute approximate surface area is 115 Å². The number of alkyl halides is 3. The molecule has 2 amide bonds. The van der Waals surface area contributed by atoms with Gasteiger partial charge >= 0.3 is 18.2 Å². The lowest BCUT2D eigenvalue weighted by molar-refractivity contribution is -0.150. The summed E-state index contributed by atoms with van der Waals surface area (Å²) < 4.78 is 42.1. The van der Waals surface area contributed by atoms with E-state index in [0.29, 0.717) is 0 Å². The molecule has 0 saturated carbocycles. The van der Waals surface area contributed by atoms with Gasteiger partial charge in [0.1, 0.15) is 13.1 Å². The van der Waals surface area contributed by atoms with Crippen molar-refractivity contribution in [3.8, 4) is 0 Å². The molecule has 0 fully saturated rings. The van der Waals surface area contributed by atoms with Gasteiger partial charge < -0.3 is 19.6 Å². The molecule has 1 N–H and O–H groups in total. The van der Waals surface area contributed by atoms with E-state index in [1.165, 1.54) is 7.11 Å². The Morgan fingerprint density at radius 1 is 1.35 bits per heavy atom. The Kier molecular flexibility index (Phi) is 7.33. The average molecular weight is 300 g/mol. The van der Waals surface area contributed by atoms with Gasteiger partial charge in [-0.05, 0) is 13.8 Å². The number of ether oxygens (including phenoxy) is 1. The molecule has 0 aliphatic carbocycles. The SMILES string of the molecule is CCN(C(=O)N(CC(=O)O)CC(F)(F)F)C(C)COC. The lowest BCUT2D eigenvalue weighted by Gasteiger charge is -2.33. The van der Waals surface area contributed by atoms with E-state index < -0.39 is 37.3 Å². The first kappa shape index (κ1) is 18.5. The quantitative estimate of drug-likeness (QED) is 0.772. The summed E-state index contributed by atoms with van der Waals surface area (Å²) in [6, 6.07) is -1.43. The third-order valence-corrected chi connectivity index (χ3v) is 2.49. The Morgan fingerprint density at radius 3 is 2.25 bits per heavy atom. The number of aliphatic carboxylic acids is 1. The molecule has 0 aliphatic heterocycles. The highest BCUT2D eigenvalue weighted by Crippen LogP contribution is 2.18. The molecular weight excluding hydrogens is 281 g/mol. The third-order valence-electron chi connectivity index (χ3n) is 2.49. The van der Waals surface area contributed by atoms with Crippen LogP contribution in [0.2, 0.25) is 0 Å². The first-order valence-electron chi connectivity index (χ1n) is 5.95. The number of nitrogens with zero attached hydrogens (tertiary/aromatic N) is 2. The molecule has 118 valence electrons. The van der Waals surface area contributed by atoms with Gasteiger partial charge in [-0.25, -0.2) is 4.79 Å². The Balaban J connectivity index is 5.02. The van der Waals surface area contributed by atoms with Gasteiger partial charge in [0.05, 0.1) is 12.6 Å². The van der Waals surface area contributed by atoms with Crippen molar-refractivity contribution in [1.82, 2.24) is 9.80 Å². The maximum absolute atomic E-state index is 12.4. The molecule has 0 aromatic rings. The molecule has 0 rings (SSSR count). The van der Waals surface area contributed by atoms with Crippen molar-refractivity contribution in [3.05, 3.63) is 0 Å². The molecule has 0 aromatic heterocycles. The third kappa shape index (κ3) is 6.60. The zero-order chi connectivity index (χ0) is 15.9. The number of likely N-dealkylation sites (N-methyl/N-ethyl adjacent to an activating group) is 1. The van der Waals surface area contributed by atoms with Crippen LogP contribution in [0.4, 0.5) is 18.0 Å². The molecule has 0 radical (unpaired) electrons. The fourth-order valence-electron chi connectivity index (χ4n) is 1.72. The molecular formula is C11H19F3N2O4. The molecule has 1 unspecified atom stereocenters. The van der Waals surface area contributed by atoms with E-state index in [9.17, 15) is 22.8 Å². The second-order valence-electron chi connectivity index (χ2n) is 4.24. The molecule has 1 atom stereocenters. The van der Waals surface area contributed by atoms with E-state index >= 15 is 0 Å². The summed E-state index contributed by atoms with van der Waals surface area (Å²) in [6.07, 6.45) is -4.66. The number of hydrogen-bond acceptors (Lipinski definition) is 3. The van der Waals surface area contributed by atoms with Gasteiger partial charge in [0.2, 0.25) is 0 Å². The van der Waals surface area contributed by atoms with E-state index in [0.717, 1.165) is 4.90 Å². The van der Waals surface area contributed by atoms with Gasteiger partial charge in [-0.15, -0.1) is 0 Å². The lowest BCUT2D eigenvalue weighted by atomic mass is 10.3. The summed E-state index contributed by atoms with van der Waals surface area (Å²) in [5, 5.41) is 8.62. The first-order valence-corrected chi connectivity index (χ1v) is 5.95. The summed E-state index contributed by atoms with van der Waals surface area (Å²) in [4.78, 5) is 24.0. The van der Waals surface area contributed by atoms with Crippen molar-refractivity contribution in [2.24, 2.45) is 0 Å². The van der Waals surface area contributed by atoms with Crippen LogP contribution in [0.5, 0.6) is 0 Å². The van der Waals surface area contributed by atoms with Crippen molar-refractivity contribution >= 4 is 12.0 Å². The van der Waals surface area contributed by atoms with Gasteiger partial charge in [0, 0.05) is 13.7 Å². The van der Waals surface area contributed by atoms with E-state index in [2.05, 4.69) is 0 Å². The first-order chi connectivity index (χ1) is 9.12. The van der Waals surface area contributed by atoms with Crippen LogP contribution in [-0.4, -0.2) is 72.5 Å². The van der Waals surface area contributed by atoms with Crippen molar-refractivity contribution in [2.75, 3.05) is 33.4 Å². The predicted octanol–water partition coefficient (Wildman–Crippen LogP) is 1.41. The Hall–Kier alpha value is -1.51. The zero-order valence-electron chi connectivity index (χ0n) is 11.6. The summed E-state index contributed by atoms with van der Waals surface area (Å²) >= 11 is 0. The van der Waals surface area contributed by atoms with Crippen molar-refractivity contribution in [2.45, 2.75) is 26.1 Å². The van der Waals surface area contributed by atoms with E-state index in [-0.39, 0.29) is 18.1 Å². The minimum atomic E-state index is -4.66. The number of amides is 2. The summed E-state index contributed by atoms with van der Waals surface area (Å²) in [5.41, 5.74) is 0. The van der Waals surface area contributed by atoms with E-state index in [1.807, 2.05) is 0 Å². The molecule has 0 aromatic carbocycles. The van der Waals surface area contributed by atoms with Crippen LogP contribution < -0.4 is 0 Å². The molecule has 6 nitrogen and oxygen atoms in total. The largest absolute Gasteiger partial charge is 0.480 e. The highest BCUT2D eigenvalue weighted by atomic mass is 19.4. The van der Waals surface area contributed by atoms with Gasteiger partial charge in [-0.1, -0.05) is 0 Å². The maximum atomic E-state index is 12.4. The minimum Gasteiger partial charge on any atom is -0.480 e. The maximum Gasteiger partial charge on any atom is 0.406 e. The number of rotatable bonds is 7. The van der Waals surface area contributed by atoms with Crippen LogP contribution in [-0.2, 0) is 9.53 Å². The van der Waals surface area contributed by atoms with Crippen LogP contribution in [0.3, 0.4) is 0 Å². The van der Waals surface area contributed by atoms with Crippen LogP contribution in [0, 0.1) is 0 Å². The number of urea groups is 1. The van der Waals surface area contributed by atoms with E-state index in [4.69, 9.17) is 9.84 Å². The standard InChI is InChI=1S/C11H19F3N2O4/c1-4-16(8(2)6-20-3)10(19)15(5-9(17)18)7-11(12,13)14/h8H,4-7H2,1-3H3,(H,17,18). The molecule has 0 bridgehead atoms. The Bertz CT molecular complexity index is 336. The zero-order valence-corrected chi connectivity index (χ0v) is 11.6. The molecule has 0 spiro atoms. The number of methoxy groups -OCH3 is 1. The number of carbonyl (C=O) groups is 2. The van der Waals surface area contributed by atoms with Gasteiger partial charge in [-0.3, -0.25) is 4.79 Å². The molecule has 9 heteroatoms. The highest BCUT2D eigenvalue weighted by Gasteiger charge is 2.36. The predicted molar refractivity (Wildman–Crippen MR) is 64.4 cm³/mol. The summed E-state index contributed by atoms with van der Waals surface area (Å²) in [7, 11) is 1.40. The smallest absolute Gasteiger partial charge is 0.406 e. The second-order valence-corrected chi connectivity index (χ2v) is 4.24. The van der Waals surface area contributed by atoms with Crippen LogP contribution in [0.1, 0.15) is 13.8 Å². The second kappa shape index (κ2) is 7.93. The number of carbonyl (C=O) groups excluding carboxylic acids is 1. The van der Waals surface area contributed by atoms with E-state index in [1.54, 1.807) is 13.8 Å². The van der Waals surface area contributed by atoms with Crippen LogP contribution in [0.25, 0.3) is 0 Å². The molecule has 0 heterocycles. The van der Waals surface area contributed by atoms with Crippen molar-refractivity contribution in [3.63, 3.8) is 0 Å². The lowest BCUT2D eigenvalue weighted by Crippen LogP contribution is -2.52. The molecule has 20 heavy (non-hydrogen) atoms. The monoisotopic (exact) mass is 300 g/mol. The number of carboxylic acids is 1. The van der Waals surface area contributed by atoms with Crippen LogP contribution in [0.15, 0.2) is 0 Å². The van der Waals surface area contributed by atoms with Crippen molar-refractivity contribution in [1.29, 1.82) is 0 Å². The number of halogens is 3. The Morgan fingerprint density at radius 2 is 1.90 bits per heavy atom. The van der Waals surface area contributed by atoms with Gasteiger partial charge in [0.25, 0.3) is 0 Å². The molecule has 0 aliphatic rings. The average Bonchev–Trinajstić information content (AvgIpc) is 2.26. The summed E-state index contributed by atoms with van der Waals surface area (Å²) in [5.74, 6) is -1.50. The summed E-state index contributed by atoms with van der Waals surface area (Å²) in [6.45, 7) is 0.890. The normalized spacial score (nSPS) is 12.9. The highest BCUT2D eigenvalue weighted by molar-refractivity contribution is 5.80. The fourth-order valence-corrected chi connectivity index (χ4v) is 1.72.